The molecule has 1 rings (SSSR count). The summed E-state index contributed by atoms with van der Waals surface area (Å²) >= 11 is 0. The molecular formula is C16H27ClN2O2. The molecule has 0 aliphatic carbocycles. The minimum absolute atomic E-state index is 0. The van der Waals surface area contributed by atoms with Crippen LogP contribution in [0, 0.1) is 0 Å². The van der Waals surface area contributed by atoms with E-state index in [2.05, 4.69) is 24.5 Å². The van der Waals surface area contributed by atoms with Crippen molar-refractivity contribution in [1.82, 2.24) is 10.6 Å². The third-order valence-corrected chi connectivity index (χ3v) is 3.19. The zero-order valence-electron chi connectivity index (χ0n) is 13.1. The number of halogens is 1. The second-order valence-electron chi connectivity index (χ2n) is 4.96. The number of carbonyl (C=O) groups excluding carboxylic acids is 1. The Bertz CT molecular complexity index is 396. The van der Waals surface area contributed by atoms with E-state index in [4.69, 9.17) is 4.74 Å². The van der Waals surface area contributed by atoms with Gasteiger partial charge in [-0.25, -0.2) is 0 Å². The molecule has 0 aliphatic rings. The summed E-state index contributed by atoms with van der Waals surface area (Å²) in [6.45, 7) is 5.75. The number of nitrogens with one attached hydrogen (secondary N) is 2. The molecule has 0 radical (unpaired) electrons. The van der Waals surface area contributed by atoms with Gasteiger partial charge in [-0.05, 0) is 44.0 Å². The molecule has 0 bridgehead atoms. The van der Waals surface area contributed by atoms with Gasteiger partial charge in [0, 0.05) is 19.0 Å². The Morgan fingerprint density at radius 3 is 2.52 bits per heavy atom. The van der Waals surface area contributed by atoms with Gasteiger partial charge in [0.1, 0.15) is 5.75 Å². The lowest BCUT2D eigenvalue weighted by molar-refractivity contribution is -0.121. The van der Waals surface area contributed by atoms with Crippen LogP contribution in [0.2, 0.25) is 0 Å². The van der Waals surface area contributed by atoms with E-state index >= 15 is 0 Å². The number of benzene rings is 1. The zero-order valence-corrected chi connectivity index (χ0v) is 14.0. The molecule has 1 aromatic carbocycles. The fourth-order valence-electron chi connectivity index (χ4n) is 2.02. The molecule has 21 heavy (non-hydrogen) atoms. The molecule has 1 amide bonds. The molecule has 1 aromatic rings. The molecule has 0 saturated carbocycles. The normalized spacial score (nSPS) is 11.4. The van der Waals surface area contributed by atoms with E-state index in [-0.39, 0.29) is 18.3 Å². The average molecular weight is 315 g/mol. The Morgan fingerprint density at radius 1 is 1.29 bits per heavy atom. The second-order valence-corrected chi connectivity index (χ2v) is 4.96. The third kappa shape index (κ3) is 8.58. The highest BCUT2D eigenvalue weighted by atomic mass is 35.5. The van der Waals surface area contributed by atoms with E-state index in [0.717, 1.165) is 25.1 Å². The number of methoxy groups -OCH3 is 1. The quantitative estimate of drug-likeness (QED) is 0.736. The van der Waals surface area contributed by atoms with Gasteiger partial charge in [-0.1, -0.05) is 19.1 Å². The van der Waals surface area contributed by atoms with Crippen LogP contribution in [-0.4, -0.2) is 32.1 Å². The summed E-state index contributed by atoms with van der Waals surface area (Å²) in [5.41, 5.74) is 1.24. The first-order valence-electron chi connectivity index (χ1n) is 7.28. The summed E-state index contributed by atoms with van der Waals surface area (Å²) in [5, 5.41) is 6.22. The molecule has 0 fully saturated rings. The Balaban J connectivity index is 0.00000400. The van der Waals surface area contributed by atoms with Gasteiger partial charge in [-0.2, -0.15) is 0 Å². The Labute approximate surface area is 134 Å². The Kier molecular flexibility index (Phi) is 10.7. The molecule has 2 N–H and O–H groups in total. The van der Waals surface area contributed by atoms with Crippen LogP contribution in [0.5, 0.6) is 5.75 Å². The number of amides is 1. The molecule has 0 saturated heterocycles. The van der Waals surface area contributed by atoms with Gasteiger partial charge in [-0.15, -0.1) is 12.4 Å². The topological polar surface area (TPSA) is 50.4 Å². The summed E-state index contributed by atoms with van der Waals surface area (Å²) in [7, 11) is 1.66. The fourth-order valence-corrected chi connectivity index (χ4v) is 2.02. The van der Waals surface area contributed by atoms with Crippen molar-refractivity contribution < 1.29 is 9.53 Å². The van der Waals surface area contributed by atoms with Crippen molar-refractivity contribution in [2.24, 2.45) is 0 Å². The van der Waals surface area contributed by atoms with Gasteiger partial charge >= 0.3 is 0 Å². The predicted octanol–water partition coefficient (Wildman–Crippen LogP) is 2.55. The monoisotopic (exact) mass is 314 g/mol. The number of hydrogen-bond donors (Lipinski definition) is 2. The van der Waals surface area contributed by atoms with Crippen molar-refractivity contribution in [3.63, 3.8) is 0 Å². The van der Waals surface area contributed by atoms with Gasteiger partial charge < -0.3 is 15.4 Å². The number of ether oxygens (including phenoxy) is 1. The summed E-state index contributed by atoms with van der Waals surface area (Å²) in [6, 6.07) is 8.32. The average Bonchev–Trinajstić information content (AvgIpc) is 2.46. The molecule has 4 nitrogen and oxygen atoms in total. The molecule has 120 valence electrons. The van der Waals surface area contributed by atoms with Crippen LogP contribution in [-0.2, 0) is 11.2 Å². The van der Waals surface area contributed by atoms with Gasteiger partial charge in [0.05, 0.1) is 7.11 Å². The minimum Gasteiger partial charge on any atom is -0.497 e. The van der Waals surface area contributed by atoms with E-state index in [1.54, 1.807) is 7.11 Å². The highest BCUT2D eigenvalue weighted by Gasteiger charge is 2.04. The molecule has 0 heterocycles. The predicted molar refractivity (Wildman–Crippen MR) is 89.3 cm³/mol. The van der Waals surface area contributed by atoms with Crippen LogP contribution in [0.1, 0.15) is 32.3 Å². The Morgan fingerprint density at radius 2 is 1.95 bits per heavy atom. The third-order valence-electron chi connectivity index (χ3n) is 3.19. The second kappa shape index (κ2) is 11.4. The van der Waals surface area contributed by atoms with Crippen LogP contribution >= 0.6 is 12.4 Å². The smallest absolute Gasteiger partial charge is 0.220 e. The van der Waals surface area contributed by atoms with Crippen molar-refractivity contribution in [3.8, 4) is 5.75 Å². The maximum absolute atomic E-state index is 11.7. The summed E-state index contributed by atoms with van der Waals surface area (Å²) in [4.78, 5) is 11.7. The van der Waals surface area contributed by atoms with E-state index in [9.17, 15) is 4.79 Å². The number of likely N-dealkylation sites (N-methyl/N-ethyl adjacent to an activating group) is 1. The summed E-state index contributed by atoms with van der Waals surface area (Å²) in [5.74, 6) is 0.993. The van der Waals surface area contributed by atoms with Crippen LogP contribution in [0.4, 0.5) is 0 Å². The van der Waals surface area contributed by atoms with Gasteiger partial charge in [-0.3, -0.25) is 4.79 Å². The molecule has 0 spiro atoms. The lowest BCUT2D eigenvalue weighted by Gasteiger charge is -2.13. The molecule has 0 aromatic heterocycles. The largest absolute Gasteiger partial charge is 0.497 e. The maximum Gasteiger partial charge on any atom is 0.220 e. The summed E-state index contributed by atoms with van der Waals surface area (Å²) < 4.78 is 5.12. The zero-order chi connectivity index (χ0) is 14.8. The first kappa shape index (κ1) is 19.7. The highest BCUT2D eigenvalue weighted by molar-refractivity contribution is 5.85. The highest BCUT2D eigenvalue weighted by Crippen LogP contribution is 2.13. The van der Waals surface area contributed by atoms with Crippen molar-refractivity contribution in [2.45, 2.75) is 39.2 Å². The van der Waals surface area contributed by atoms with Crippen LogP contribution in [0.3, 0.4) is 0 Å². The standard InChI is InChI=1S/C16H26N2O2.ClH/c1-4-17-13(2)12-18-16(19)7-5-6-14-8-10-15(20-3)11-9-14;/h8-11,13,17H,4-7,12H2,1-3H3,(H,18,19);1H/t13-;/m1./s1. The Hall–Kier alpha value is -1.26. The first-order chi connectivity index (χ1) is 9.65. The van der Waals surface area contributed by atoms with E-state index in [1.165, 1.54) is 5.56 Å². The number of aryl methyl sites for hydroxylation is 1. The lowest BCUT2D eigenvalue weighted by atomic mass is 10.1. The molecular weight excluding hydrogens is 288 g/mol. The van der Waals surface area contributed by atoms with Gasteiger partial charge in [0.2, 0.25) is 5.91 Å². The first-order valence-corrected chi connectivity index (χ1v) is 7.28. The maximum atomic E-state index is 11.7. The SMILES string of the molecule is CCN[C@H](C)CNC(=O)CCCc1ccc(OC)cc1.Cl. The lowest BCUT2D eigenvalue weighted by Crippen LogP contribution is -2.38. The van der Waals surface area contributed by atoms with Gasteiger partial charge in [0.15, 0.2) is 0 Å². The minimum atomic E-state index is 0. The van der Waals surface area contributed by atoms with Crippen molar-refractivity contribution in [3.05, 3.63) is 29.8 Å². The molecule has 0 unspecified atom stereocenters. The fraction of sp³-hybridized carbons (Fsp3) is 0.562. The molecule has 5 heteroatoms. The van der Waals surface area contributed by atoms with Crippen LogP contribution in [0.15, 0.2) is 24.3 Å². The number of carbonyl (C=O) groups is 1. The van der Waals surface area contributed by atoms with E-state index in [1.807, 2.05) is 24.3 Å². The number of rotatable bonds is 9. The molecule has 1 atom stereocenters. The van der Waals surface area contributed by atoms with Crippen molar-refractivity contribution in [1.29, 1.82) is 0 Å². The van der Waals surface area contributed by atoms with E-state index < -0.39 is 0 Å². The van der Waals surface area contributed by atoms with E-state index in [0.29, 0.717) is 19.0 Å². The van der Waals surface area contributed by atoms with Crippen molar-refractivity contribution >= 4 is 18.3 Å². The van der Waals surface area contributed by atoms with Gasteiger partial charge in [0.25, 0.3) is 0 Å². The van der Waals surface area contributed by atoms with Crippen molar-refractivity contribution in [2.75, 3.05) is 20.2 Å². The summed E-state index contributed by atoms with van der Waals surface area (Å²) in [6.07, 6.45) is 2.36. The molecule has 0 aliphatic heterocycles. The number of hydrogen-bond acceptors (Lipinski definition) is 3. The van der Waals surface area contributed by atoms with Crippen LogP contribution in [0.25, 0.3) is 0 Å². The van der Waals surface area contributed by atoms with Crippen LogP contribution < -0.4 is 15.4 Å².